The zero-order valence-electron chi connectivity index (χ0n) is 17.1. The SMILES string of the molecule is Cc1cccc(CN2CCCC(C(=O)Nc3cccc(-c4ccc(F)cc4)c3)C2)n1. The fourth-order valence-corrected chi connectivity index (χ4v) is 3.99. The van der Waals surface area contributed by atoms with Gasteiger partial charge in [0.1, 0.15) is 5.82 Å². The van der Waals surface area contributed by atoms with E-state index in [0.29, 0.717) is 0 Å². The second-order valence-electron chi connectivity index (χ2n) is 7.92. The molecule has 4 nitrogen and oxygen atoms in total. The van der Waals surface area contributed by atoms with Gasteiger partial charge >= 0.3 is 0 Å². The summed E-state index contributed by atoms with van der Waals surface area (Å²) in [7, 11) is 0. The lowest BCUT2D eigenvalue weighted by atomic mass is 9.96. The van der Waals surface area contributed by atoms with Crippen LogP contribution in [0.5, 0.6) is 0 Å². The second-order valence-corrected chi connectivity index (χ2v) is 7.92. The molecule has 30 heavy (non-hydrogen) atoms. The van der Waals surface area contributed by atoms with Crippen LogP contribution in [-0.4, -0.2) is 28.9 Å². The Morgan fingerprint density at radius 2 is 1.90 bits per heavy atom. The van der Waals surface area contributed by atoms with E-state index in [9.17, 15) is 9.18 Å². The van der Waals surface area contributed by atoms with Crippen LogP contribution in [-0.2, 0) is 11.3 Å². The number of carbonyl (C=O) groups is 1. The molecule has 2 aromatic carbocycles. The molecule has 1 aliphatic heterocycles. The highest BCUT2D eigenvalue weighted by atomic mass is 19.1. The lowest BCUT2D eigenvalue weighted by Crippen LogP contribution is -2.40. The number of benzene rings is 2. The molecule has 0 saturated carbocycles. The molecule has 1 amide bonds. The van der Waals surface area contributed by atoms with E-state index in [4.69, 9.17) is 0 Å². The third-order valence-corrected chi connectivity index (χ3v) is 5.52. The van der Waals surface area contributed by atoms with Crippen molar-refractivity contribution in [1.82, 2.24) is 9.88 Å². The average molecular weight is 404 g/mol. The van der Waals surface area contributed by atoms with E-state index in [0.717, 1.165) is 60.7 Å². The summed E-state index contributed by atoms with van der Waals surface area (Å²) in [6.07, 6.45) is 1.89. The van der Waals surface area contributed by atoms with E-state index in [1.165, 1.54) is 12.1 Å². The summed E-state index contributed by atoms with van der Waals surface area (Å²) in [6, 6.07) is 20.1. The summed E-state index contributed by atoms with van der Waals surface area (Å²) in [4.78, 5) is 19.8. The van der Waals surface area contributed by atoms with Gasteiger partial charge in [-0.05, 0) is 73.8 Å². The molecule has 1 aromatic heterocycles. The maximum Gasteiger partial charge on any atom is 0.228 e. The first kappa shape index (κ1) is 20.2. The number of halogens is 1. The third kappa shape index (κ3) is 5.10. The molecule has 0 spiro atoms. The van der Waals surface area contributed by atoms with Crippen molar-refractivity contribution in [2.24, 2.45) is 5.92 Å². The van der Waals surface area contributed by atoms with E-state index in [1.807, 2.05) is 49.4 Å². The van der Waals surface area contributed by atoms with Gasteiger partial charge < -0.3 is 5.32 Å². The number of aromatic nitrogens is 1. The minimum absolute atomic E-state index is 0.0435. The second kappa shape index (κ2) is 9.18. The number of rotatable bonds is 5. The molecule has 0 bridgehead atoms. The zero-order valence-corrected chi connectivity index (χ0v) is 17.1. The number of aryl methyl sites for hydroxylation is 1. The molecule has 1 saturated heterocycles. The number of piperidine rings is 1. The van der Waals surface area contributed by atoms with Crippen LogP contribution in [0.15, 0.2) is 66.7 Å². The fourth-order valence-electron chi connectivity index (χ4n) is 3.99. The lowest BCUT2D eigenvalue weighted by molar-refractivity contribution is -0.121. The Bertz CT molecular complexity index is 1020. The van der Waals surface area contributed by atoms with E-state index in [-0.39, 0.29) is 17.6 Å². The molecule has 3 aromatic rings. The molecule has 1 atom stereocenters. The minimum atomic E-state index is -0.258. The van der Waals surface area contributed by atoms with Crippen molar-refractivity contribution in [3.05, 3.63) is 83.9 Å². The van der Waals surface area contributed by atoms with Crippen molar-refractivity contribution < 1.29 is 9.18 Å². The van der Waals surface area contributed by atoms with Crippen LogP contribution in [0.1, 0.15) is 24.2 Å². The van der Waals surface area contributed by atoms with Crippen LogP contribution in [0.4, 0.5) is 10.1 Å². The van der Waals surface area contributed by atoms with Crippen LogP contribution in [0.3, 0.4) is 0 Å². The van der Waals surface area contributed by atoms with Crippen LogP contribution in [0.25, 0.3) is 11.1 Å². The van der Waals surface area contributed by atoms with Gasteiger partial charge in [-0.25, -0.2) is 4.39 Å². The van der Waals surface area contributed by atoms with Crippen molar-refractivity contribution in [2.75, 3.05) is 18.4 Å². The fraction of sp³-hybridized carbons (Fsp3) is 0.280. The van der Waals surface area contributed by atoms with Crippen LogP contribution in [0.2, 0.25) is 0 Å². The van der Waals surface area contributed by atoms with Gasteiger partial charge in [0.2, 0.25) is 5.91 Å². The number of nitrogens with zero attached hydrogens (tertiary/aromatic N) is 2. The lowest BCUT2D eigenvalue weighted by Gasteiger charge is -2.31. The maximum atomic E-state index is 13.2. The Balaban J connectivity index is 1.39. The average Bonchev–Trinajstić information content (AvgIpc) is 2.75. The number of amides is 1. The first-order valence-corrected chi connectivity index (χ1v) is 10.4. The van der Waals surface area contributed by atoms with Gasteiger partial charge in [0.15, 0.2) is 0 Å². The van der Waals surface area contributed by atoms with E-state index in [1.54, 1.807) is 12.1 Å². The van der Waals surface area contributed by atoms with Crippen molar-refractivity contribution in [3.8, 4) is 11.1 Å². The Kier molecular flexibility index (Phi) is 6.19. The Morgan fingerprint density at radius 3 is 2.70 bits per heavy atom. The van der Waals surface area contributed by atoms with Gasteiger partial charge in [-0.2, -0.15) is 0 Å². The highest BCUT2D eigenvalue weighted by Crippen LogP contribution is 2.25. The van der Waals surface area contributed by atoms with Crippen LogP contribution >= 0.6 is 0 Å². The molecule has 0 radical (unpaired) electrons. The summed E-state index contributed by atoms with van der Waals surface area (Å²) in [5.74, 6) is -0.253. The van der Waals surface area contributed by atoms with Gasteiger partial charge in [0.25, 0.3) is 0 Å². The number of hydrogen-bond donors (Lipinski definition) is 1. The van der Waals surface area contributed by atoms with Gasteiger partial charge in [-0.1, -0.05) is 30.3 Å². The first-order valence-electron chi connectivity index (χ1n) is 10.4. The third-order valence-electron chi connectivity index (χ3n) is 5.52. The monoisotopic (exact) mass is 403 g/mol. The number of nitrogens with one attached hydrogen (secondary N) is 1. The Morgan fingerprint density at radius 1 is 1.10 bits per heavy atom. The van der Waals surface area contributed by atoms with E-state index >= 15 is 0 Å². The highest BCUT2D eigenvalue weighted by molar-refractivity contribution is 5.93. The molecular formula is C25H26FN3O. The predicted octanol–water partition coefficient (Wildman–Crippen LogP) is 5.05. The molecule has 1 N–H and O–H groups in total. The molecule has 1 fully saturated rings. The molecule has 0 aliphatic carbocycles. The Hall–Kier alpha value is -3.05. The summed E-state index contributed by atoms with van der Waals surface area (Å²) < 4.78 is 13.2. The standard InChI is InChI=1S/C25H26FN3O/c1-18-5-2-9-24(27-18)17-29-14-4-7-21(16-29)25(30)28-23-8-3-6-20(15-23)19-10-12-22(26)13-11-19/h2-3,5-6,8-13,15,21H,4,7,14,16-17H2,1H3,(H,28,30). The topological polar surface area (TPSA) is 45.2 Å². The molecular weight excluding hydrogens is 377 g/mol. The van der Waals surface area contributed by atoms with Crippen LogP contribution in [0, 0.1) is 18.7 Å². The molecule has 5 heteroatoms. The summed E-state index contributed by atoms with van der Waals surface area (Å²) in [5, 5.41) is 3.07. The van der Waals surface area contributed by atoms with E-state index < -0.39 is 0 Å². The molecule has 2 heterocycles. The van der Waals surface area contributed by atoms with Gasteiger partial charge in [-0.3, -0.25) is 14.7 Å². The quantitative estimate of drug-likeness (QED) is 0.649. The van der Waals surface area contributed by atoms with Crippen molar-refractivity contribution in [2.45, 2.75) is 26.3 Å². The molecule has 1 aliphatic rings. The number of likely N-dealkylation sites (tertiary alicyclic amines) is 1. The number of pyridine rings is 1. The highest BCUT2D eigenvalue weighted by Gasteiger charge is 2.26. The predicted molar refractivity (Wildman–Crippen MR) is 117 cm³/mol. The minimum Gasteiger partial charge on any atom is -0.326 e. The van der Waals surface area contributed by atoms with Crippen molar-refractivity contribution >= 4 is 11.6 Å². The summed E-state index contributed by atoms with van der Waals surface area (Å²) in [6.45, 7) is 4.49. The largest absolute Gasteiger partial charge is 0.326 e. The van der Waals surface area contributed by atoms with Gasteiger partial charge in [-0.15, -0.1) is 0 Å². The summed E-state index contributed by atoms with van der Waals surface area (Å²) >= 11 is 0. The smallest absolute Gasteiger partial charge is 0.228 e. The van der Waals surface area contributed by atoms with Gasteiger partial charge in [0.05, 0.1) is 11.6 Å². The van der Waals surface area contributed by atoms with Crippen molar-refractivity contribution in [3.63, 3.8) is 0 Å². The van der Waals surface area contributed by atoms with Crippen molar-refractivity contribution in [1.29, 1.82) is 0 Å². The Labute approximate surface area is 176 Å². The number of anilines is 1. The first-order chi connectivity index (χ1) is 14.6. The van der Waals surface area contributed by atoms with Crippen LogP contribution < -0.4 is 5.32 Å². The number of hydrogen-bond acceptors (Lipinski definition) is 3. The van der Waals surface area contributed by atoms with Gasteiger partial charge in [0, 0.05) is 24.5 Å². The molecule has 4 rings (SSSR count). The maximum absolute atomic E-state index is 13.2. The zero-order chi connectivity index (χ0) is 20.9. The molecule has 154 valence electrons. The normalized spacial score (nSPS) is 16.9. The number of carbonyl (C=O) groups excluding carboxylic acids is 1. The van der Waals surface area contributed by atoms with E-state index in [2.05, 4.69) is 15.2 Å². The molecule has 1 unspecified atom stereocenters. The summed E-state index contributed by atoms with van der Waals surface area (Å²) in [5.41, 5.74) is 4.69.